The predicted molar refractivity (Wildman–Crippen MR) is 112 cm³/mol. The highest BCUT2D eigenvalue weighted by Crippen LogP contribution is 2.22. The van der Waals surface area contributed by atoms with Gasteiger partial charge in [0.1, 0.15) is 5.82 Å². The third-order valence-corrected chi connectivity index (χ3v) is 5.81. The van der Waals surface area contributed by atoms with E-state index >= 15 is 0 Å². The van der Waals surface area contributed by atoms with E-state index in [0.717, 1.165) is 36.4 Å². The molecule has 150 valence electrons. The Morgan fingerprint density at radius 2 is 1.89 bits per heavy atom. The molecule has 2 heterocycles. The summed E-state index contributed by atoms with van der Waals surface area (Å²) in [5.74, 6) is 1.52. The van der Waals surface area contributed by atoms with E-state index in [1.54, 1.807) is 12.3 Å². The molecule has 1 saturated carbocycles. The number of thiophene rings is 1. The van der Waals surface area contributed by atoms with Crippen LogP contribution >= 0.6 is 11.3 Å². The van der Waals surface area contributed by atoms with Crippen LogP contribution in [0.2, 0.25) is 0 Å². The third kappa shape index (κ3) is 5.76. The molecule has 0 saturated heterocycles. The van der Waals surface area contributed by atoms with Crippen LogP contribution in [0.3, 0.4) is 0 Å². The Labute approximate surface area is 169 Å². The van der Waals surface area contributed by atoms with Gasteiger partial charge in [0.25, 0.3) is 0 Å². The van der Waals surface area contributed by atoms with E-state index < -0.39 is 0 Å². The lowest BCUT2D eigenvalue weighted by Crippen LogP contribution is -2.40. The molecule has 1 fully saturated rings. The Morgan fingerprint density at radius 1 is 1.14 bits per heavy atom. The second-order valence-electron chi connectivity index (χ2n) is 7.29. The first kappa shape index (κ1) is 20.3. The molecule has 28 heavy (non-hydrogen) atoms. The van der Waals surface area contributed by atoms with Crippen LogP contribution in [-0.2, 0) is 4.79 Å². The molecule has 0 spiro atoms. The Bertz CT molecular complexity index is 786. The van der Waals surface area contributed by atoms with E-state index in [0.29, 0.717) is 12.0 Å². The smallest absolute Gasteiger partial charge is 0.224 e. The lowest BCUT2D eigenvalue weighted by atomic mass is 9.91. The summed E-state index contributed by atoms with van der Waals surface area (Å²) in [5, 5.41) is 8.35. The molecule has 2 N–H and O–H groups in total. The van der Waals surface area contributed by atoms with E-state index in [1.165, 1.54) is 11.3 Å². The van der Waals surface area contributed by atoms with Crippen molar-refractivity contribution in [3.05, 3.63) is 34.7 Å². The van der Waals surface area contributed by atoms with Crippen molar-refractivity contribution in [2.75, 3.05) is 24.3 Å². The first-order valence-corrected chi connectivity index (χ1v) is 10.5. The van der Waals surface area contributed by atoms with Gasteiger partial charge in [-0.1, -0.05) is 6.07 Å². The molecule has 0 bridgehead atoms. The number of anilines is 2. The van der Waals surface area contributed by atoms with Crippen LogP contribution in [0.25, 0.3) is 0 Å². The highest BCUT2D eigenvalue weighted by molar-refractivity contribution is 7.12. The highest BCUT2D eigenvalue weighted by atomic mass is 32.1. The first-order chi connectivity index (χ1) is 13.5. The number of rotatable bonds is 8. The van der Waals surface area contributed by atoms with Crippen LogP contribution in [-0.4, -0.2) is 47.8 Å². The molecule has 1 aliphatic carbocycles. The van der Waals surface area contributed by atoms with Gasteiger partial charge in [-0.2, -0.15) is 4.98 Å². The van der Waals surface area contributed by atoms with Crippen LogP contribution in [0.5, 0.6) is 0 Å². The molecule has 2 aromatic heterocycles. The average Bonchev–Trinajstić information content (AvgIpc) is 3.23. The van der Waals surface area contributed by atoms with Gasteiger partial charge in [-0.05, 0) is 43.2 Å². The van der Waals surface area contributed by atoms with Gasteiger partial charge in [0.2, 0.25) is 11.9 Å². The van der Waals surface area contributed by atoms with Crippen molar-refractivity contribution in [2.45, 2.75) is 50.6 Å². The number of hydrogen-bond donors (Lipinski definition) is 2. The van der Waals surface area contributed by atoms with Crippen LogP contribution in [0.4, 0.5) is 11.8 Å². The average molecular weight is 402 g/mol. The number of aromatic nitrogens is 2. The van der Waals surface area contributed by atoms with Gasteiger partial charge in [-0.15, -0.1) is 11.3 Å². The molecule has 0 aliphatic heterocycles. The predicted octanol–water partition coefficient (Wildman–Crippen LogP) is 3.11. The van der Waals surface area contributed by atoms with Crippen LogP contribution < -0.4 is 15.5 Å². The van der Waals surface area contributed by atoms with Crippen molar-refractivity contribution in [3.63, 3.8) is 0 Å². The summed E-state index contributed by atoms with van der Waals surface area (Å²) < 4.78 is 0. The Hall–Kier alpha value is -2.48. The van der Waals surface area contributed by atoms with E-state index in [1.807, 2.05) is 36.5 Å². The largest absolute Gasteiger partial charge is 0.363 e. The van der Waals surface area contributed by atoms with E-state index in [-0.39, 0.29) is 30.6 Å². The maximum Gasteiger partial charge on any atom is 0.224 e. The summed E-state index contributed by atoms with van der Waals surface area (Å²) in [5.41, 5.74) is 0. The molecule has 1 amide bonds. The van der Waals surface area contributed by atoms with Gasteiger partial charge in [0.15, 0.2) is 5.78 Å². The van der Waals surface area contributed by atoms with Crippen molar-refractivity contribution in [3.8, 4) is 0 Å². The molecule has 1 aliphatic rings. The molecule has 0 aromatic carbocycles. The van der Waals surface area contributed by atoms with Gasteiger partial charge >= 0.3 is 0 Å². The molecule has 0 unspecified atom stereocenters. The summed E-state index contributed by atoms with van der Waals surface area (Å²) in [6.07, 6.45) is 6.01. The van der Waals surface area contributed by atoms with Crippen molar-refractivity contribution in [2.24, 2.45) is 0 Å². The number of nitrogens with zero attached hydrogens (tertiary/aromatic N) is 3. The van der Waals surface area contributed by atoms with Gasteiger partial charge in [0.05, 0.1) is 4.88 Å². The molecule has 8 heteroatoms. The molecular weight excluding hydrogens is 374 g/mol. The molecule has 0 radical (unpaired) electrons. The summed E-state index contributed by atoms with van der Waals surface area (Å²) in [6.45, 7) is 0. The number of amides is 1. The van der Waals surface area contributed by atoms with E-state index in [9.17, 15) is 9.59 Å². The van der Waals surface area contributed by atoms with Crippen molar-refractivity contribution >= 4 is 34.8 Å². The second-order valence-corrected chi connectivity index (χ2v) is 8.24. The first-order valence-electron chi connectivity index (χ1n) is 9.64. The lowest BCUT2D eigenvalue weighted by molar-refractivity contribution is -0.122. The number of carbonyl (C=O) groups excluding carboxylic acids is 2. The zero-order valence-electron chi connectivity index (χ0n) is 16.4. The zero-order chi connectivity index (χ0) is 19.9. The highest BCUT2D eigenvalue weighted by Gasteiger charge is 2.23. The van der Waals surface area contributed by atoms with Crippen molar-refractivity contribution in [1.82, 2.24) is 15.3 Å². The summed E-state index contributed by atoms with van der Waals surface area (Å²) in [7, 11) is 3.90. The third-order valence-electron chi connectivity index (χ3n) is 4.90. The second kappa shape index (κ2) is 9.64. The van der Waals surface area contributed by atoms with Gasteiger partial charge < -0.3 is 15.5 Å². The van der Waals surface area contributed by atoms with E-state index in [2.05, 4.69) is 20.6 Å². The Balaban J connectivity index is 1.38. The maximum atomic E-state index is 12.2. The van der Waals surface area contributed by atoms with Crippen molar-refractivity contribution in [1.29, 1.82) is 0 Å². The molecule has 3 rings (SSSR count). The number of hydrogen-bond acceptors (Lipinski definition) is 7. The number of ketones is 1. The number of Topliss-reactive ketones (excluding diaryl/α,β-unsaturated/α-hetero) is 1. The topological polar surface area (TPSA) is 87.2 Å². The lowest BCUT2D eigenvalue weighted by Gasteiger charge is -2.29. The Kier molecular flexibility index (Phi) is 6.97. The normalized spacial score (nSPS) is 19.1. The fraction of sp³-hybridized carbons (Fsp3) is 0.500. The minimum Gasteiger partial charge on any atom is -0.363 e. The zero-order valence-corrected chi connectivity index (χ0v) is 17.2. The van der Waals surface area contributed by atoms with Crippen LogP contribution in [0.15, 0.2) is 29.8 Å². The van der Waals surface area contributed by atoms with E-state index in [4.69, 9.17) is 0 Å². The molecule has 7 nitrogen and oxygen atoms in total. The van der Waals surface area contributed by atoms with Gasteiger partial charge in [-0.25, -0.2) is 4.98 Å². The SMILES string of the molecule is CN(C)c1ccnc(N[C@H]2CC[C@@H](NC(=O)CCC(=O)c3cccs3)CC2)n1. The fourth-order valence-corrected chi connectivity index (χ4v) is 4.01. The summed E-state index contributed by atoms with van der Waals surface area (Å²) in [4.78, 5) is 35.6. The van der Waals surface area contributed by atoms with Crippen LogP contribution in [0.1, 0.15) is 48.2 Å². The Morgan fingerprint density at radius 3 is 2.57 bits per heavy atom. The monoisotopic (exact) mass is 401 g/mol. The maximum absolute atomic E-state index is 12.2. The number of nitrogens with one attached hydrogen (secondary N) is 2. The minimum absolute atomic E-state index is 0.0386. The van der Waals surface area contributed by atoms with Gasteiger partial charge in [-0.3, -0.25) is 9.59 Å². The summed E-state index contributed by atoms with van der Waals surface area (Å²) in [6, 6.07) is 6.02. The fourth-order valence-electron chi connectivity index (χ4n) is 3.32. The molecule has 2 aromatic rings. The quantitative estimate of drug-likeness (QED) is 0.661. The molecular formula is C20H27N5O2S. The van der Waals surface area contributed by atoms with Gasteiger partial charge in [0, 0.05) is 45.2 Å². The number of carbonyl (C=O) groups is 2. The summed E-state index contributed by atoms with van der Waals surface area (Å²) >= 11 is 1.42. The standard InChI is InChI=1S/C20H27N5O2S/c1-25(2)18-11-12-21-20(24-18)23-15-7-5-14(6-8-15)22-19(27)10-9-16(26)17-4-3-13-28-17/h3-4,11-15H,5-10H2,1-2H3,(H,22,27)(H,21,23,24)/t14-,15+. The minimum atomic E-state index is -0.0386. The van der Waals surface area contributed by atoms with Crippen LogP contribution in [0, 0.1) is 0 Å². The molecule has 0 atom stereocenters. The van der Waals surface area contributed by atoms with Crippen molar-refractivity contribution < 1.29 is 9.59 Å².